The summed E-state index contributed by atoms with van der Waals surface area (Å²) in [5.41, 5.74) is 1.20. The van der Waals surface area contributed by atoms with E-state index in [0.717, 1.165) is 16.1 Å². The van der Waals surface area contributed by atoms with E-state index in [2.05, 4.69) is 5.32 Å². The van der Waals surface area contributed by atoms with Crippen LogP contribution in [0.15, 0.2) is 48.5 Å². The molecule has 1 atom stereocenters. The number of anilines is 1. The van der Waals surface area contributed by atoms with Crippen LogP contribution >= 0.6 is 23.2 Å². The summed E-state index contributed by atoms with van der Waals surface area (Å²) in [5.74, 6) is -0.423. The van der Waals surface area contributed by atoms with Crippen molar-refractivity contribution in [1.29, 1.82) is 0 Å². The lowest BCUT2D eigenvalue weighted by molar-refractivity contribution is -0.120. The Morgan fingerprint density at radius 2 is 1.76 bits per heavy atom. The number of sulfonamides is 1. The van der Waals surface area contributed by atoms with Gasteiger partial charge in [0.25, 0.3) is 0 Å². The van der Waals surface area contributed by atoms with Crippen LogP contribution in [0.5, 0.6) is 0 Å². The molecule has 8 heteroatoms. The number of rotatable bonds is 6. The molecule has 0 spiro atoms. The van der Waals surface area contributed by atoms with Crippen LogP contribution in [0, 0.1) is 0 Å². The van der Waals surface area contributed by atoms with Gasteiger partial charge in [0, 0.05) is 0 Å². The summed E-state index contributed by atoms with van der Waals surface area (Å²) in [5, 5.41) is 3.31. The summed E-state index contributed by atoms with van der Waals surface area (Å²) in [4.78, 5) is 12.3. The SMILES string of the molecule is C[C@@H](NC(=O)CN(c1ccc(Cl)c(Cl)c1)S(C)(=O)=O)c1ccccc1. The third-order valence-electron chi connectivity index (χ3n) is 3.56. The second-order valence-corrected chi connectivity index (χ2v) is 8.29. The largest absolute Gasteiger partial charge is 0.348 e. The number of hydrogen-bond acceptors (Lipinski definition) is 3. The fourth-order valence-electron chi connectivity index (χ4n) is 2.28. The van der Waals surface area contributed by atoms with E-state index in [0.29, 0.717) is 5.02 Å². The van der Waals surface area contributed by atoms with Gasteiger partial charge in [-0.15, -0.1) is 0 Å². The lowest BCUT2D eigenvalue weighted by atomic mass is 10.1. The summed E-state index contributed by atoms with van der Waals surface area (Å²) in [6.07, 6.45) is 1.03. The number of hydrogen-bond donors (Lipinski definition) is 1. The molecule has 0 radical (unpaired) electrons. The second-order valence-electron chi connectivity index (χ2n) is 5.57. The van der Waals surface area contributed by atoms with Crippen LogP contribution in [0.4, 0.5) is 5.69 Å². The van der Waals surface area contributed by atoms with E-state index in [4.69, 9.17) is 23.2 Å². The highest BCUT2D eigenvalue weighted by molar-refractivity contribution is 7.92. The van der Waals surface area contributed by atoms with E-state index in [-0.39, 0.29) is 23.3 Å². The molecule has 0 heterocycles. The summed E-state index contributed by atoms with van der Waals surface area (Å²) in [6, 6.07) is 13.6. The average Bonchev–Trinajstić information content (AvgIpc) is 2.55. The molecular formula is C17H18Cl2N2O3S. The highest BCUT2D eigenvalue weighted by Crippen LogP contribution is 2.28. The maximum absolute atomic E-state index is 12.3. The molecule has 0 aromatic heterocycles. The molecule has 2 aromatic rings. The summed E-state index contributed by atoms with van der Waals surface area (Å²) in [6.45, 7) is 1.48. The minimum absolute atomic E-state index is 0.214. The van der Waals surface area contributed by atoms with E-state index in [1.54, 1.807) is 0 Å². The molecular weight excluding hydrogens is 383 g/mol. The van der Waals surface area contributed by atoms with Gasteiger partial charge in [0.1, 0.15) is 6.54 Å². The number of nitrogens with one attached hydrogen (secondary N) is 1. The van der Waals surface area contributed by atoms with Crippen molar-refractivity contribution < 1.29 is 13.2 Å². The van der Waals surface area contributed by atoms with Crippen LogP contribution < -0.4 is 9.62 Å². The van der Waals surface area contributed by atoms with Gasteiger partial charge >= 0.3 is 0 Å². The predicted octanol–water partition coefficient (Wildman–Crippen LogP) is 3.64. The summed E-state index contributed by atoms with van der Waals surface area (Å²) < 4.78 is 25.2. The Hall–Kier alpha value is -1.76. The zero-order valence-corrected chi connectivity index (χ0v) is 16.1. The average molecular weight is 401 g/mol. The molecule has 0 fully saturated rings. The molecule has 5 nitrogen and oxygen atoms in total. The van der Waals surface area contributed by atoms with Gasteiger partial charge in [-0.25, -0.2) is 8.42 Å². The Bertz CT molecular complexity index is 857. The van der Waals surface area contributed by atoms with E-state index < -0.39 is 15.9 Å². The standard InChI is InChI=1S/C17H18Cl2N2O3S/c1-12(13-6-4-3-5-7-13)20-17(22)11-21(25(2,23)24)14-8-9-15(18)16(19)10-14/h3-10,12H,11H2,1-2H3,(H,20,22)/t12-/m1/s1. The fraction of sp³-hybridized carbons (Fsp3) is 0.235. The molecule has 0 aliphatic carbocycles. The molecule has 0 aliphatic rings. The number of benzene rings is 2. The number of carbonyl (C=O) groups excluding carboxylic acids is 1. The quantitative estimate of drug-likeness (QED) is 0.804. The van der Waals surface area contributed by atoms with Gasteiger partial charge in [0.2, 0.25) is 15.9 Å². The zero-order valence-electron chi connectivity index (χ0n) is 13.7. The van der Waals surface area contributed by atoms with Gasteiger partial charge < -0.3 is 5.32 Å². The van der Waals surface area contributed by atoms with Gasteiger partial charge in [0.05, 0.1) is 28.0 Å². The van der Waals surface area contributed by atoms with Crippen LogP contribution in [0.2, 0.25) is 10.0 Å². The third-order valence-corrected chi connectivity index (χ3v) is 5.44. The fourth-order valence-corrected chi connectivity index (χ4v) is 3.42. The molecule has 0 bridgehead atoms. The van der Waals surface area contributed by atoms with Gasteiger partial charge in [-0.3, -0.25) is 9.10 Å². The predicted molar refractivity (Wildman–Crippen MR) is 102 cm³/mol. The van der Waals surface area contributed by atoms with Gasteiger partial charge in [0.15, 0.2) is 0 Å². The van der Waals surface area contributed by atoms with Crippen molar-refractivity contribution in [2.75, 3.05) is 17.1 Å². The van der Waals surface area contributed by atoms with Crippen molar-refractivity contribution in [3.05, 3.63) is 64.1 Å². The Morgan fingerprint density at radius 1 is 1.12 bits per heavy atom. The minimum Gasteiger partial charge on any atom is -0.348 e. The number of amides is 1. The second kappa shape index (κ2) is 8.08. The summed E-state index contributed by atoms with van der Waals surface area (Å²) >= 11 is 11.8. The first kappa shape index (κ1) is 19.6. The van der Waals surface area contributed by atoms with Crippen molar-refractivity contribution in [3.63, 3.8) is 0 Å². The number of nitrogens with zero attached hydrogens (tertiary/aromatic N) is 1. The van der Waals surface area contributed by atoms with Gasteiger partial charge in [-0.05, 0) is 30.7 Å². The van der Waals surface area contributed by atoms with Gasteiger partial charge in [-0.1, -0.05) is 53.5 Å². The van der Waals surface area contributed by atoms with Crippen LogP contribution in [0.3, 0.4) is 0 Å². The number of carbonyl (C=O) groups is 1. The maximum atomic E-state index is 12.3. The molecule has 1 amide bonds. The highest BCUT2D eigenvalue weighted by Gasteiger charge is 2.22. The van der Waals surface area contributed by atoms with Crippen molar-refractivity contribution in [1.82, 2.24) is 5.32 Å². The van der Waals surface area contributed by atoms with E-state index in [1.807, 2.05) is 37.3 Å². The number of halogens is 2. The van der Waals surface area contributed by atoms with Crippen molar-refractivity contribution in [2.45, 2.75) is 13.0 Å². The Balaban J connectivity index is 2.17. The van der Waals surface area contributed by atoms with Crippen molar-refractivity contribution in [2.24, 2.45) is 0 Å². The van der Waals surface area contributed by atoms with E-state index in [1.165, 1.54) is 18.2 Å². The van der Waals surface area contributed by atoms with Crippen molar-refractivity contribution >= 4 is 44.8 Å². The van der Waals surface area contributed by atoms with E-state index >= 15 is 0 Å². The third kappa shape index (κ3) is 5.36. The molecule has 2 aromatic carbocycles. The molecule has 0 unspecified atom stereocenters. The van der Waals surface area contributed by atoms with Crippen LogP contribution in [-0.2, 0) is 14.8 Å². The Morgan fingerprint density at radius 3 is 2.32 bits per heavy atom. The van der Waals surface area contributed by atoms with Crippen molar-refractivity contribution in [3.8, 4) is 0 Å². The topological polar surface area (TPSA) is 66.5 Å². The first-order valence-electron chi connectivity index (χ1n) is 7.45. The lowest BCUT2D eigenvalue weighted by Crippen LogP contribution is -2.41. The molecule has 0 saturated heterocycles. The Labute approximate surface area is 157 Å². The summed E-state index contributed by atoms with van der Waals surface area (Å²) in [7, 11) is -3.67. The molecule has 25 heavy (non-hydrogen) atoms. The normalized spacial score (nSPS) is 12.5. The monoisotopic (exact) mass is 400 g/mol. The molecule has 2 rings (SSSR count). The lowest BCUT2D eigenvalue weighted by Gasteiger charge is -2.23. The van der Waals surface area contributed by atoms with E-state index in [9.17, 15) is 13.2 Å². The van der Waals surface area contributed by atoms with Crippen LogP contribution in [0.1, 0.15) is 18.5 Å². The minimum atomic E-state index is -3.67. The first-order chi connectivity index (χ1) is 11.7. The Kier molecular flexibility index (Phi) is 6.32. The highest BCUT2D eigenvalue weighted by atomic mass is 35.5. The van der Waals surface area contributed by atoms with Crippen LogP contribution in [-0.4, -0.2) is 27.1 Å². The molecule has 1 N–H and O–H groups in total. The van der Waals surface area contributed by atoms with Crippen LogP contribution in [0.25, 0.3) is 0 Å². The molecule has 0 aliphatic heterocycles. The van der Waals surface area contributed by atoms with Gasteiger partial charge in [-0.2, -0.15) is 0 Å². The smallest absolute Gasteiger partial charge is 0.241 e. The molecule has 134 valence electrons. The zero-order chi connectivity index (χ0) is 18.6. The molecule has 0 saturated carbocycles. The first-order valence-corrected chi connectivity index (χ1v) is 10.1. The maximum Gasteiger partial charge on any atom is 0.241 e.